The molecule has 0 saturated carbocycles. The number of hydrogen-bond acceptors (Lipinski definition) is 2. The first-order chi connectivity index (χ1) is 7.54. The predicted molar refractivity (Wildman–Crippen MR) is 61.0 cm³/mol. The number of carbonyl (C=O) groups excluding carboxylic acids is 1. The van der Waals surface area contributed by atoms with Gasteiger partial charge >= 0.3 is 5.97 Å². The van der Waals surface area contributed by atoms with Gasteiger partial charge in [-0.2, -0.15) is 0 Å². The highest BCUT2D eigenvalue weighted by Crippen LogP contribution is 2.21. The summed E-state index contributed by atoms with van der Waals surface area (Å²) in [5.41, 5.74) is 0.0864. The topological polar surface area (TPSA) is 57.6 Å². The van der Waals surface area contributed by atoms with E-state index in [1.807, 2.05) is 0 Å². The molecule has 0 bridgehead atoms. The van der Waals surface area contributed by atoms with Crippen molar-refractivity contribution in [3.63, 3.8) is 0 Å². The summed E-state index contributed by atoms with van der Waals surface area (Å²) in [4.78, 5) is 24.0. The van der Waals surface area contributed by atoms with Crippen LogP contribution in [0.4, 0.5) is 0 Å². The number of hydrogen-bond donors (Lipinski definition) is 1. The molecule has 1 aliphatic heterocycles. The SMILES string of the molecule is C=C(CN1CCC(CC)CCC1=O)C(=O)O. The molecule has 4 heteroatoms. The average molecular weight is 225 g/mol. The number of carbonyl (C=O) groups is 2. The Kier molecular flexibility index (Phi) is 4.52. The van der Waals surface area contributed by atoms with Gasteiger partial charge in [0, 0.05) is 18.5 Å². The van der Waals surface area contributed by atoms with Crippen LogP contribution in [0.5, 0.6) is 0 Å². The van der Waals surface area contributed by atoms with E-state index in [-0.39, 0.29) is 18.0 Å². The minimum absolute atomic E-state index is 0.0540. The second-order valence-corrected chi connectivity index (χ2v) is 4.33. The second-order valence-electron chi connectivity index (χ2n) is 4.33. The van der Waals surface area contributed by atoms with Gasteiger partial charge < -0.3 is 10.0 Å². The molecule has 0 aromatic heterocycles. The first-order valence-electron chi connectivity index (χ1n) is 5.73. The molecular weight excluding hydrogens is 206 g/mol. The summed E-state index contributed by atoms with van der Waals surface area (Å²) in [6.45, 7) is 6.40. The highest BCUT2D eigenvalue weighted by molar-refractivity contribution is 5.87. The number of nitrogens with zero attached hydrogens (tertiary/aromatic N) is 1. The van der Waals surface area contributed by atoms with Gasteiger partial charge in [0.05, 0.1) is 6.54 Å². The first kappa shape index (κ1) is 12.7. The van der Waals surface area contributed by atoms with Crippen LogP contribution in [-0.4, -0.2) is 35.0 Å². The molecule has 0 radical (unpaired) electrons. The lowest BCUT2D eigenvalue weighted by molar-refractivity contribution is -0.133. The maximum absolute atomic E-state index is 11.7. The molecule has 0 aromatic carbocycles. The average Bonchev–Trinajstić information content (AvgIpc) is 2.42. The van der Waals surface area contributed by atoms with Crippen LogP contribution in [0.1, 0.15) is 32.6 Å². The standard InChI is InChI=1S/C12H19NO3/c1-3-10-4-5-11(14)13(7-6-10)8-9(2)12(15)16/h10H,2-8H2,1H3,(H,15,16). The Morgan fingerprint density at radius 3 is 2.81 bits per heavy atom. The van der Waals surface area contributed by atoms with E-state index in [0.29, 0.717) is 18.9 Å². The van der Waals surface area contributed by atoms with Gasteiger partial charge in [-0.25, -0.2) is 4.79 Å². The Hall–Kier alpha value is -1.32. The minimum Gasteiger partial charge on any atom is -0.478 e. The van der Waals surface area contributed by atoms with Crippen molar-refractivity contribution in [2.45, 2.75) is 32.6 Å². The Balaban J connectivity index is 2.56. The van der Waals surface area contributed by atoms with Crippen molar-refractivity contribution in [1.82, 2.24) is 4.90 Å². The van der Waals surface area contributed by atoms with Crippen molar-refractivity contribution in [3.8, 4) is 0 Å². The highest BCUT2D eigenvalue weighted by Gasteiger charge is 2.22. The third kappa shape index (κ3) is 3.36. The lowest BCUT2D eigenvalue weighted by Crippen LogP contribution is -2.33. The number of amides is 1. The molecule has 1 heterocycles. The molecule has 0 aliphatic carbocycles. The van der Waals surface area contributed by atoms with E-state index in [2.05, 4.69) is 13.5 Å². The van der Waals surface area contributed by atoms with E-state index in [1.54, 1.807) is 4.90 Å². The van der Waals surface area contributed by atoms with Crippen molar-refractivity contribution < 1.29 is 14.7 Å². The Morgan fingerprint density at radius 1 is 1.56 bits per heavy atom. The zero-order valence-electron chi connectivity index (χ0n) is 9.74. The molecule has 16 heavy (non-hydrogen) atoms. The molecule has 1 N–H and O–H groups in total. The summed E-state index contributed by atoms with van der Waals surface area (Å²) in [6, 6.07) is 0. The summed E-state index contributed by atoms with van der Waals surface area (Å²) in [5, 5.41) is 8.73. The Labute approximate surface area is 95.9 Å². The lowest BCUT2D eigenvalue weighted by atomic mass is 9.98. The molecule has 0 aromatic rings. The van der Waals surface area contributed by atoms with Gasteiger partial charge in [0.25, 0.3) is 0 Å². The zero-order chi connectivity index (χ0) is 12.1. The number of carboxylic acid groups (broad SMARTS) is 1. The van der Waals surface area contributed by atoms with Gasteiger partial charge in [0.15, 0.2) is 0 Å². The normalized spacial score (nSPS) is 21.7. The van der Waals surface area contributed by atoms with E-state index in [9.17, 15) is 9.59 Å². The molecule has 0 spiro atoms. The fourth-order valence-electron chi connectivity index (χ4n) is 1.97. The smallest absolute Gasteiger partial charge is 0.332 e. The van der Waals surface area contributed by atoms with E-state index in [4.69, 9.17) is 5.11 Å². The van der Waals surface area contributed by atoms with Crippen molar-refractivity contribution >= 4 is 11.9 Å². The molecule has 1 rings (SSSR count). The van der Waals surface area contributed by atoms with E-state index < -0.39 is 5.97 Å². The summed E-state index contributed by atoms with van der Waals surface area (Å²) in [5.74, 6) is -0.380. The van der Waals surface area contributed by atoms with Gasteiger partial charge in [-0.1, -0.05) is 19.9 Å². The molecule has 4 nitrogen and oxygen atoms in total. The largest absolute Gasteiger partial charge is 0.478 e. The van der Waals surface area contributed by atoms with Crippen LogP contribution >= 0.6 is 0 Å². The Bertz CT molecular complexity index is 299. The minimum atomic E-state index is -1.02. The van der Waals surface area contributed by atoms with Crippen molar-refractivity contribution in [2.75, 3.05) is 13.1 Å². The number of likely N-dealkylation sites (tertiary alicyclic amines) is 1. The van der Waals surface area contributed by atoms with Gasteiger partial charge in [0.2, 0.25) is 5.91 Å². The van der Waals surface area contributed by atoms with E-state index in [0.717, 1.165) is 19.3 Å². The number of carboxylic acids is 1. The first-order valence-corrected chi connectivity index (χ1v) is 5.73. The number of rotatable bonds is 4. The molecule has 1 aliphatic rings. The molecule has 90 valence electrons. The van der Waals surface area contributed by atoms with Crippen LogP contribution < -0.4 is 0 Å². The quantitative estimate of drug-likeness (QED) is 0.740. The van der Waals surface area contributed by atoms with Gasteiger partial charge in [-0.15, -0.1) is 0 Å². The van der Waals surface area contributed by atoms with Crippen LogP contribution in [0.25, 0.3) is 0 Å². The van der Waals surface area contributed by atoms with E-state index >= 15 is 0 Å². The summed E-state index contributed by atoms with van der Waals surface area (Å²) >= 11 is 0. The molecule has 1 saturated heterocycles. The maximum atomic E-state index is 11.7. The van der Waals surface area contributed by atoms with Crippen LogP contribution in [0.15, 0.2) is 12.2 Å². The molecule has 1 unspecified atom stereocenters. The van der Waals surface area contributed by atoms with Crippen molar-refractivity contribution in [2.24, 2.45) is 5.92 Å². The Morgan fingerprint density at radius 2 is 2.25 bits per heavy atom. The summed E-state index contributed by atoms with van der Waals surface area (Å²) in [7, 11) is 0. The second kappa shape index (κ2) is 5.68. The summed E-state index contributed by atoms with van der Waals surface area (Å²) < 4.78 is 0. The number of aliphatic carboxylic acids is 1. The fraction of sp³-hybridized carbons (Fsp3) is 0.667. The maximum Gasteiger partial charge on any atom is 0.332 e. The van der Waals surface area contributed by atoms with Crippen molar-refractivity contribution in [3.05, 3.63) is 12.2 Å². The third-order valence-corrected chi connectivity index (χ3v) is 3.19. The lowest BCUT2D eigenvalue weighted by Gasteiger charge is -2.20. The summed E-state index contributed by atoms with van der Waals surface area (Å²) in [6.07, 6.45) is 3.51. The van der Waals surface area contributed by atoms with Crippen LogP contribution in [-0.2, 0) is 9.59 Å². The van der Waals surface area contributed by atoms with Gasteiger partial charge in [0.1, 0.15) is 0 Å². The monoisotopic (exact) mass is 225 g/mol. The van der Waals surface area contributed by atoms with Gasteiger partial charge in [-0.05, 0) is 18.8 Å². The van der Waals surface area contributed by atoms with Crippen LogP contribution in [0, 0.1) is 5.92 Å². The van der Waals surface area contributed by atoms with Crippen LogP contribution in [0.3, 0.4) is 0 Å². The third-order valence-electron chi connectivity index (χ3n) is 3.19. The highest BCUT2D eigenvalue weighted by atomic mass is 16.4. The zero-order valence-corrected chi connectivity index (χ0v) is 9.74. The fourth-order valence-corrected chi connectivity index (χ4v) is 1.97. The van der Waals surface area contributed by atoms with Gasteiger partial charge in [-0.3, -0.25) is 4.79 Å². The molecule has 1 amide bonds. The molecule has 1 atom stereocenters. The van der Waals surface area contributed by atoms with E-state index in [1.165, 1.54) is 0 Å². The predicted octanol–water partition coefficient (Wildman–Crippen LogP) is 1.67. The molecule has 1 fully saturated rings. The van der Waals surface area contributed by atoms with Crippen LogP contribution in [0.2, 0.25) is 0 Å². The van der Waals surface area contributed by atoms with Crippen molar-refractivity contribution in [1.29, 1.82) is 0 Å². The molecular formula is C12H19NO3.